The second kappa shape index (κ2) is 9.98. The molecule has 0 radical (unpaired) electrons. The third kappa shape index (κ3) is 6.08. The van der Waals surface area contributed by atoms with Crippen LogP contribution < -0.4 is 9.47 Å². The molecule has 0 aromatic heterocycles. The molecular formula is C25H23F3O7S. The van der Waals surface area contributed by atoms with Crippen molar-refractivity contribution in [3.8, 4) is 11.5 Å². The molecule has 7 nitrogen and oxygen atoms in total. The summed E-state index contributed by atoms with van der Waals surface area (Å²) in [6.45, 7) is -0.630. The molecule has 0 unspecified atom stereocenters. The quantitative estimate of drug-likeness (QED) is 0.301. The predicted molar refractivity (Wildman–Crippen MR) is 125 cm³/mol. The van der Waals surface area contributed by atoms with Gasteiger partial charge in [-0.3, -0.25) is 4.55 Å². The Labute approximate surface area is 205 Å². The minimum absolute atomic E-state index is 0.166. The molecule has 1 aliphatic carbocycles. The second-order valence-electron chi connectivity index (χ2n) is 8.46. The van der Waals surface area contributed by atoms with E-state index >= 15 is 0 Å². The summed E-state index contributed by atoms with van der Waals surface area (Å²) in [5.41, 5.74) is -0.309. The lowest BCUT2D eigenvalue weighted by atomic mass is 9.87. The standard InChI is InChI=1S/C25H23F3O7S/c26-25(27,28)35-21-11-10-18(23(29)33-14-15-36(30,31)32)16-22(21)34-24(12-3-4-13-24)20-9-5-7-17-6-1-2-8-19(17)20/h1-2,5-11,16H,3-4,12-15H2,(H,30,31,32). The highest BCUT2D eigenvalue weighted by molar-refractivity contribution is 7.85. The maximum Gasteiger partial charge on any atom is 0.573 e. The van der Waals surface area contributed by atoms with Gasteiger partial charge >= 0.3 is 12.3 Å². The van der Waals surface area contributed by atoms with Gasteiger partial charge in [0.05, 0.1) is 5.56 Å². The second-order valence-corrected chi connectivity index (χ2v) is 10.0. The molecule has 0 heterocycles. The highest BCUT2D eigenvalue weighted by atomic mass is 32.2. The van der Waals surface area contributed by atoms with Gasteiger partial charge in [-0.15, -0.1) is 13.2 Å². The van der Waals surface area contributed by atoms with Crippen molar-refractivity contribution in [3.05, 3.63) is 71.8 Å². The number of alkyl halides is 3. The van der Waals surface area contributed by atoms with Gasteiger partial charge in [0, 0.05) is 5.56 Å². The number of rotatable bonds is 8. The van der Waals surface area contributed by atoms with Crippen molar-refractivity contribution >= 4 is 26.9 Å². The molecule has 1 saturated carbocycles. The summed E-state index contributed by atoms with van der Waals surface area (Å²) < 4.78 is 85.3. The summed E-state index contributed by atoms with van der Waals surface area (Å²) in [4.78, 5) is 12.4. The topological polar surface area (TPSA) is 99.1 Å². The lowest BCUT2D eigenvalue weighted by Gasteiger charge is -2.33. The van der Waals surface area contributed by atoms with E-state index in [0.29, 0.717) is 12.8 Å². The highest BCUT2D eigenvalue weighted by Crippen LogP contribution is 2.47. The fourth-order valence-electron chi connectivity index (χ4n) is 4.45. The maximum atomic E-state index is 13.1. The van der Waals surface area contributed by atoms with Crippen molar-refractivity contribution in [3.63, 3.8) is 0 Å². The number of carbonyl (C=O) groups excluding carboxylic acids is 1. The van der Waals surface area contributed by atoms with E-state index in [-0.39, 0.29) is 11.3 Å². The first-order chi connectivity index (χ1) is 17.0. The number of hydrogen-bond donors (Lipinski definition) is 1. The van der Waals surface area contributed by atoms with Crippen LogP contribution in [0.1, 0.15) is 41.6 Å². The molecule has 0 atom stereocenters. The number of fused-ring (bicyclic) bond motifs is 1. The lowest BCUT2D eigenvalue weighted by molar-refractivity contribution is -0.275. The van der Waals surface area contributed by atoms with Crippen LogP contribution in [0.15, 0.2) is 60.7 Å². The van der Waals surface area contributed by atoms with E-state index in [0.717, 1.165) is 47.4 Å². The third-order valence-electron chi connectivity index (χ3n) is 5.98. The molecule has 0 spiro atoms. The van der Waals surface area contributed by atoms with Gasteiger partial charge in [0.15, 0.2) is 11.5 Å². The predicted octanol–water partition coefficient (Wildman–Crippen LogP) is 5.63. The van der Waals surface area contributed by atoms with Crippen molar-refractivity contribution in [1.29, 1.82) is 0 Å². The molecule has 0 aliphatic heterocycles. The van der Waals surface area contributed by atoms with E-state index < -0.39 is 46.2 Å². The van der Waals surface area contributed by atoms with Crippen LogP contribution >= 0.6 is 0 Å². The molecule has 4 rings (SSSR count). The number of ether oxygens (including phenoxy) is 3. The zero-order valence-electron chi connectivity index (χ0n) is 19.0. The van der Waals surface area contributed by atoms with Crippen LogP contribution in [0.2, 0.25) is 0 Å². The number of hydrogen-bond acceptors (Lipinski definition) is 6. The Morgan fingerprint density at radius 3 is 2.36 bits per heavy atom. The Balaban J connectivity index is 1.72. The SMILES string of the molecule is O=C(OCCS(=O)(=O)O)c1ccc(OC(F)(F)F)c(OC2(c3cccc4ccccc34)CCCC2)c1. The zero-order valence-corrected chi connectivity index (χ0v) is 19.8. The van der Waals surface area contributed by atoms with Gasteiger partial charge in [0.25, 0.3) is 10.1 Å². The molecule has 3 aromatic rings. The minimum Gasteiger partial charge on any atom is -0.479 e. The molecule has 3 aromatic carbocycles. The first-order valence-corrected chi connectivity index (χ1v) is 12.8. The Morgan fingerprint density at radius 2 is 1.67 bits per heavy atom. The molecule has 192 valence electrons. The van der Waals surface area contributed by atoms with Crippen molar-refractivity contribution in [2.75, 3.05) is 12.4 Å². The summed E-state index contributed by atoms with van der Waals surface area (Å²) in [5, 5.41) is 1.86. The van der Waals surface area contributed by atoms with Crippen LogP contribution in [-0.2, 0) is 20.5 Å². The van der Waals surface area contributed by atoms with Crippen molar-refractivity contribution in [1.82, 2.24) is 0 Å². The molecule has 0 saturated heterocycles. The van der Waals surface area contributed by atoms with E-state index in [4.69, 9.17) is 14.0 Å². The van der Waals surface area contributed by atoms with Crippen LogP contribution in [0.25, 0.3) is 10.8 Å². The Hall–Kier alpha value is -3.31. The van der Waals surface area contributed by atoms with Gasteiger partial charge in [0.1, 0.15) is 18.0 Å². The average molecular weight is 525 g/mol. The first-order valence-electron chi connectivity index (χ1n) is 11.2. The Morgan fingerprint density at radius 1 is 0.972 bits per heavy atom. The Kier molecular flexibility index (Phi) is 7.14. The minimum atomic E-state index is -5.00. The fraction of sp³-hybridized carbons (Fsp3) is 0.320. The monoisotopic (exact) mass is 524 g/mol. The molecule has 1 fully saturated rings. The van der Waals surface area contributed by atoms with Crippen molar-refractivity contribution in [2.45, 2.75) is 37.6 Å². The summed E-state index contributed by atoms with van der Waals surface area (Å²) in [7, 11) is -4.36. The fourth-order valence-corrected chi connectivity index (χ4v) is 4.75. The van der Waals surface area contributed by atoms with Gasteiger partial charge in [-0.05, 0) is 54.7 Å². The van der Waals surface area contributed by atoms with Gasteiger partial charge in [-0.1, -0.05) is 42.5 Å². The average Bonchev–Trinajstić information content (AvgIpc) is 3.27. The molecule has 1 aliphatic rings. The summed E-state index contributed by atoms with van der Waals surface area (Å²) in [6.07, 6.45) is -2.35. The highest BCUT2D eigenvalue weighted by Gasteiger charge is 2.41. The summed E-state index contributed by atoms with van der Waals surface area (Å²) in [5.74, 6) is -2.73. The largest absolute Gasteiger partial charge is 0.573 e. The van der Waals surface area contributed by atoms with Crippen LogP contribution in [0.3, 0.4) is 0 Å². The number of halogens is 3. The molecule has 0 bridgehead atoms. The van der Waals surface area contributed by atoms with Crippen LogP contribution in [0, 0.1) is 0 Å². The molecule has 11 heteroatoms. The van der Waals surface area contributed by atoms with Crippen LogP contribution in [0.5, 0.6) is 11.5 Å². The van der Waals surface area contributed by atoms with Gasteiger partial charge in [-0.2, -0.15) is 8.42 Å². The van der Waals surface area contributed by atoms with Crippen molar-refractivity contribution < 1.29 is 45.1 Å². The normalized spacial score (nSPS) is 15.6. The molecule has 1 N–H and O–H groups in total. The van der Waals surface area contributed by atoms with E-state index in [1.807, 2.05) is 42.5 Å². The third-order valence-corrected chi connectivity index (χ3v) is 6.66. The van der Waals surface area contributed by atoms with Crippen molar-refractivity contribution in [2.24, 2.45) is 0 Å². The first kappa shape index (κ1) is 25.8. The van der Waals surface area contributed by atoms with E-state index in [1.54, 1.807) is 0 Å². The van der Waals surface area contributed by atoms with Gasteiger partial charge in [0.2, 0.25) is 0 Å². The van der Waals surface area contributed by atoms with Gasteiger partial charge in [-0.25, -0.2) is 4.79 Å². The zero-order chi connectivity index (χ0) is 26.0. The molecule has 0 amide bonds. The Bertz CT molecular complexity index is 1360. The number of benzene rings is 3. The van der Waals surface area contributed by atoms with Gasteiger partial charge < -0.3 is 14.2 Å². The maximum absolute atomic E-state index is 13.1. The molecule has 36 heavy (non-hydrogen) atoms. The van der Waals surface area contributed by atoms with Crippen LogP contribution in [-0.4, -0.2) is 37.7 Å². The van der Waals surface area contributed by atoms with E-state index in [1.165, 1.54) is 0 Å². The van der Waals surface area contributed by atoms with E-state index in [2.05, 4.69) is 4.74 Å². The smallest absolute Gasteiger partial charge is 0.479 e. The number of esters is 1. The summed E-state index contributed by atoms with van der Waals surface area (Å²) >= 11 is 0. The summed E-state index contributed by atoms with van der Waals surface area (Å²) in [6, 6.07) is 16.4. The lowest BCUT2D eigenvalue weighted by Crippen LogP contribution is -2.30. The number of carbonyl (C=O) groups is 1. The van der Waals surface area contributed by atoms with Crippen LogP contribution in [0.4, 0.5) is 13.2 Å². The molecular weight excluding hydrogens is 501 g/mol. The van der Waals surface area contributed by atoms with E-state index in [9.17, 15) is 26.4 Å².